The third-order valence-electron chi connectivity index (χ3n) is 4.16. The minimum Gasteiger partial charge on any atom is -0.303 e. The van der Waals surface area contributed by atoms with Gasteiger partial charge in [-0.3, -0.25) is 9.63 Å². The highest BCUT2D eigenvalue weighted by atomic mass is 16.7. The lowest BCUT2D eigenvalue weighted by atomic mass is 9.91. The van der Waals surface area contributed by atoms with Crippen LogP contribution in [0.3, 0.4) is 0 Å². The number of carbonyl (C=O) groups excluding carboxylic acids is 1. The minimum atomic E-state index is 0.0698. The molecule has 0 atom stereocenters. The highest BCUT2D eigenvalue weighted by Crippen LogP contribution is 2.22. The fourth-order valence-electron chi connectivity index (χ4n) is 2.70. The Labute approximate surface area is 118 Å². The molecule has 0 unspecified atom stereocenters. The van der Waals surface area contributed by atoms with Gasteiger partial charge in [-0.2, -0.15) is 0 Å². The minimum absolute atomic E-state index is 0.0698. The number of hydrogen-bond acceptors (Lipinski definition) is 3. The average molecular weight is 270 g/mol. The highest BCUT2D eigenvalue weighted by Gasteiger charge is 2.18. The first-order chi connectivity index (χ1) is 9.17. The zero-order chi connectivity index (χ0) is 14.1. The van der Waals surface area contributed by atoms with Crippen molar-refractivity contribution in [3.63, 3.8) is 0 Å². The third-order valence-corrected chi connectivity index (χ3v) is 4.16. The normalized spacial score (nSPS) is 17.6. The molecule has 1 amide bonds. The van der Waals surface area contributed by atoms with E-state index in [4.69, 9.17) is 4.84 Å². The summed E-state index contributed by atoms with van der Waals surface area (Å²) in [5.74, 6) is 1.01. The Bertz CT molecular complexity index is 251. The Balaban J connectivity index is 2.08. The summed E-state index contributed by atoms with van der Waals surface area (Å²) in [5, 5.41) is 1.32. The topological polar surface area (TPSA) is 32.8 Å². The number of amides is 1. The largest absolute Gasteiger partial charge is 0.303 e. The summed E-state index contributed by atoms with van der Waals surface area (Å²) in [6, 6.07) is 0. The van der Waals surface area contributed by atoms with Gasteiger partial charge >= 0.3 is 0 Å². The van der Waals surface area contributed by atoms with Crippen molar-refractivity contribution in [1.82, 2.24) is 9.96 Å². The number of hydrogen-bond donors (Lipinski definition) is 0. The van der Waals surface area contributed by atoms with Crippen LogP contribution in [0.2, 0.25) is 0 Å². The van der Waals surface area contributed by atoms with Crippen molar-refractivity contribution in [1.29, 1.82) is 0 Å². The second-order valence-corrected chi connectivity index (χ2v) is 5.60. The maximum atomic E-state index is 11.6. The standard InChI is InChI=1S/C15H30N2O2/c1-4-5-7-14-9-12-17(13-10-14)11-6-8-15(18)16(2)19-3/h14H,4-13H2,1-3H3. The van der Waals surface area contributed by atoms with Crippen molar-refractivity contribution in [2.75, 3.05) is 33.8 Å². The molecule has 0 radical (unpaired) electrons. The lowest BCUT2D eigenvalue weighted by Crippen LogP contribution is -2.35. The van der Waals surface area contributed by atoms with Gasteiger partial charge in [-0.15, -0.1) is 0 Å². The summed E-state index contributed by atoms with van der Waals surface area (Å²) >= 11 is 0. The van der Waals surface area contributed by atoms with Crippen LogP contribution in [-0.4, -0.2) is 49.7 Å². The van der Waals surface area contributed by atoms with Gasteiger partial charge in [-0.25, -0.2) is 5.06 Å². The first-order valence-corrected chi connectivity index (χ1v) is 7.70. The molecule has 0 bridgehead atoms. The quantitative estimate of drug-likeness (QED) is 0.636. The summed E-state index contributed by atoms with van der Waals surface area (Å²) in [7, 11) is 3.19. The van der Waals surface area contributed by atoms with Crippen LogP contribution in [0.15, 0.2) is 0 Å². The summed E-state index contributed by atoms with van der Waals surface area (Å²) in [5.41, 5.74) is 0. The van der Waals surface area contributed by atoms with Crippen LogP contribution in [0.5, 0.6) is 0 Å². The van der Waals surface area contributed by atoms with Gasteiger partial charge in [0, 0.05) is 13.5 Å². The summed E-state index contributed by atoms with van der Waals surface area (Å²) in [4.78, 5) is 18.9. The van der Waals surface area contributed by atoms with Crippen LogP contribution >= 0.6 is 0 Å². The molecule has 1 saturated heterocycles. The van der Waals surface area contributed by atoms with Crippen molar-refractivity contribution in [2.24, 2.45) is 5.92 Å². The maximum absolute atomic E-state index is 11.6. The molecule has 19 heavy (non-hydrogen) atoms. The van der Waals surface area contributed by atoms with Crippen LogP contribution in [0.4, 0.5) is 0 Å². The molecule has 112 valence electrons. The van der Waals surface area contributed by atoms with E-state index in [1.165, 1.54) is 57.4 Å². The van der Waals surface area contributed by atoms with Crippen LogP contribution in [-0.2, 0) is 9.63 Å². The first-order valence-electron chi connectivity index (χ1n) is 7.70. The average Bonchev–Trinajstić information content (AvgIpc) is 2.45. The van der Waals surface area contributed by atoms with E-state index in [9.17, 15) is 4.79 Å². The smallest absolute Gasteiger partial charge is 0.245 e. The van der Waals surface area contributed by atoms with Crippen molar-refractivity contribution in [3.8, 4) is 0 Å². The lowest BCUT2D eigenvalue weighted by Gasteiger charge is -2.32. The fraction of sp³-hybridized carbons (Fsp3) is 0.933. The number of rotatable bonds is 8. The third kappa shape index (κ3) is 6.39. The lowest BCUT2D eigenvalue weighted by molar-refractivity contribution is -0.168. The van der Waals surface area contributed by atoms with Gasteiger partial charge in [-0.05, 0) is 44.8 Å². The Morgan fingerprint density at radius 1 is 1.32 bits per heavy atom. The van der Waals surface area contributed by atoms with E-state index in [-0.39, 0.29) is 5.91 Å². The molecule has 1 heterocycles. The molecule has 1 rings (SSSR count). The van der Waals surface area contributed by atoms with E-state index >= 15 is 0 Å². The number of piperidine rings is 1. The summed E-state index contributed by atoms with van der Waals surface area (Å²) < 4.78 is 0. The van der Waals surface area contributed by atoms with Crippen LogP contribution < -0.4 is 0 Å². The molecule has 0 aliphatic carbocycles. The highest BCUT2D eigenvalue weighted by molar-refractivity contribution is 5.74. The molecule has 0 saturated carbocycles. The molecule has 1 aliphatic heterocycles. The molecule has 0 aromatic carbocycles. The van der Waals surface area contributed by atoms with Crippen molar-refractivity contribution in [3.05, 3.63) is 0 Å². The van der Waals surface area contributed by atoms with E-state index in [0.717, 1.165) is 18.9 Å². The predicted molar refractivity (Wildman–Crippen MR) is 77.7 cm³/mol. The van der Waals surface area contributed by atoms with Crippen molar-refractivity contribution >= 4 is 5.91 Å². The molecular weight excluding hydrogens is 240 g/mol. The van der Waals surface area contributed by atoms with Crippen LogP contribution in [0.25, 0.3) is 0 Å². The molecule has 0 N–H and O–H groups in total. The molecule has 0 aromatic heterocycles. The Kier molecular flexibility index (Phi) is 8.07. The molecule has 0 aromatic rings. The summed E-state index contributed by atoms with van der Waals surface area (Å²) in [6.45, 7) is 5.73. The zero-order valence-electron chi connectivity index (χ0n) is 12.9. The number of nitrogens with zero attached hydrogens (tertiary/aromatic N) is 2. The van der Waals surface area contributed by atoms with Gasteiger partial charge in [0.15, 0.2) is 0 Å². The zero-order valence-corrected chi connectivity index (χ0v) is 12.9. The molecular formula is C15H30N2O2. The van der Waals surface area contributed by atoms with E-state index in [1.807, 2.05) is 0 Å². The number of unbranched alkanes of at least 4 members (excludes halogenated alkanes) is 1. The van der Waals surface area contributed by atoms with Crippen molar-refractivity contribution < 1.29 is 9.63 Å². The monoisotopic (exact) mass is 270 g/mol. The second-order valence-electron chi connectivity index (χ2n) is 5.60. The Hall–Kier alpha value is -0.610. The van der Waals surface area contributed by atoms with Gasteiger partial charge in [0.25, 0.3) is 0 Å². The van der Waals surface area contributed by atoms with E-state index in [2.05, 4.69) is 11.8 Å². The molecule has 1 fully saturated rings. The molecule has 4 nitrogen and oxygen atoms in total. The number of carbonyl (C=O) groups is 1. The Morgan fingerprint density at radius 3 is 2.58 bits per heavy atom. The predicted octanol–water partition coefficient (Wildman–Crippen LogP) is 2.69. The summed E-state index contributed by atoms with van der Waals surface area (Å²) in [6.07, 6.45) is 8.30. The molecule has 0 spiro atoms. The second kappa shape index (κ2) is 9.32. The molecule has 4 heteroatoms. The van der Waals surface area contributed by atoms with Gasteiger partial charge in [0.05, 0.1) is 7.11 Å². The fourth-order valence-corrected chi connectivity index (χ4v) is 2.70. The maximum Gasteiger partial charge on any atom is 0.245 e. The van der Waals surface area contributed by atoms with Crippen molar-refractivity contribution in [2.45, 2.75) is 51.9 Å². The van der Waals surface area contributed by atoms with E-state index in [1.54, 1.807) is 7.05 Å². The van der Waals surface area contributed by atoms with Gasteiger partial charge < -0.3 is 4.90 Å². The number of hydroxylamine groups is 2. The van der Waals surface area contributed by atoms with Gasteiger partial charge in [-0.1, -0.05) is 26.2 Å². The van der Waals surface area contributed by atoms with Gasteiger partial charge in [0.1, 0.15) is 0 Å². The van der Waals surface area contributed by atoms with Crippen LogP contribution in [0.1, 0.15) is 51.9 Å². The van der Waals surface area contributed by atoms with Crippen LogP contribution in [0, 0.1) is 5.92 Å². The SMILES string of the molecule is CCCCC1CCN(CCCC(=O)N(C)OC)CC1. The first kappa shape index (κ1) is 16.4. The van der Waals surface area contributed by atoms with E-state index < -0.39 is 0 Å². The number of likely N-dealkylation sites (tertiary alicyclic amines) is 1. The van der Waals surface area contributed by atoms with E-state index in [0.29, 0.717) is 6.42 Å². The Morgan fingerprint density at radius 2 is 2.00 bits per heavy atom. The van der Waals surface area contributed by atoms with Gasteiger partial charge in [0.2, 0.25) is 5.91 Å². The molecule has 1 aliphatic rings.